The normalized spacial score (nSPS) is 30.0. The largest absolute Gasteiger partial charge is 0.323 e. The van der Waals surface area contributed by atoms with Gasteiger partial charge in [-0.25, -0.2) is 0 Å². The Labute approximate surface area is 153 Å². The Bertz CT molecular complexity index is 642. The fourth-order valence-electron chi connectivity index (χ4n) is 4.85. The molecule has 3 aliphatic heterocycles. The lowest BCUT2D eigenvalue weighted by atomic mass is 9.65. The third-order valence-electron chi connectivity index (χ3n) is 5.97. The molecule has 0 aromatic heterocycles. The van der Waals surface area contributed by atoms with Gasteiger partial charge >= 0.3 is 0 Å². The second kappa shape index (κ2) is 6.64. The molecule has 134 valence electrons. The average molecular weight is 338 g/mol. The maximum absolute atomic E-state index is 12.5. The van der Waals surface area contributed by atoms with Crippen LogP contribution in [0.3, 0.4) is 0 Å². The average Bonchev–Trinajstić information content (AvgIpc) is 2.50. The number of nitrogens with one attached hydrogen (secondary N) is 1. The molecule has 2 atom stereocenters. The van der Waals surface area contributed by atoms with Crippen molar-refractivity contribution in [1.82, 2.24) is 4.90 Å². The van der Waals surface area contributed by atoms with E-state index in [1.807, 2.05) is 18.2 Å². The molecule has 3 nitrogen and oxygen atoms in total. The zero-order chi connectivity index (χ0) is 16.9. The molecule has 3 saturated heterocycles. The van der Waals surface area contributed by atoms with Crippen LogP contribution in [-0.4, -0.2) is 38.9 Å². The molecule has 1 N–H and O–H groups in total. The summed E-state index contributed by atoms with van der Waals surface area (Å²) < 4.78 is 0. The Morgan fingerprint density at radius 1 is 1.08 bits per heavy atom. The number of hydrogen-bond acceptors (Lipinski definition) is 2. The van der Waals surface area contributed by atoms with Crippen LogP contribution in [0.1, 0.15) is 39.2 Å². The van der Waals surface area contributed by atoms with Gasteiger partial charge in [0.15, 0.2) is 0 Å². The van der Waals surface area contributed by atoms with Gasteiger partial charge in [-0.05, 0) is 53.7 Å². The highest BCUT2D eigenvalue weighted by Gasteiger charge is 2.44. The van der Waals surface area contributed by atoms with Crippen LogP contribution >= 0.6 is 0 Å². The van der Waals surface area contributed by atoms with E-state index in [-0.39, 0.29) is 19.7 Å². The van der Waals surface area contributed by atoms with Crippen LogP contribution in [0, 0.1) is 17.8 Å². The number of carbonyl (C=O) groups is 1. The van der Waals surface area contributed by atoms with Crippen molar-refractivity contribution in [1.29, 1.82) is 0 Å². The van der Waals surface area contributed by atoms with Gasteiger partial charge in [0.1, 0.15) is 0 Å². The third kappa shape index (κ3) is 3.69. The molecular formula is C21H31BN2O. The molecule has 3 heterocycles. The number of benzene rings is 1. The quantitative estimate of drug-likeness (QED) is 0.664. The summed E-state index contributed by atoms with van der Waals surface area (Å²) in [5.41, 5.74) is 3.72. The molecule has 0 spiro atoms. The molecule has 0 radical (unpaired) electrons. The molecule has 1 aliphatic carbocycles. The molecule has 25 heavy (non-hydrogen) atoms. The monoisotopic (exact) mass is 338 g/mol. The van der Waals surface area contributed by atoms with E-state index >= 15 is 0 Å². The Hall–Kier alpha value is -1.55. The van der Waals surface area contributed by atoms with Crippen molar-refractivity contribution in [2.75, 3.05) is 25.0 Å². The van der Waals surface area contributed by atoms with Crippen molar-refractivity contribution in [3.8, 4) is 0 Å². The van der Waals surface area contributed by atoms with E-state index < -0.39 is 0 Å². The lowest BCUT2D eigenvalue weighted by molar-refractivity contribution is -0.112. The van der Waals surface area contributed by atoms with Crippen LogP contribution in [0.25, 0.3) is 0 Å². The van der Waals surface area contributed by atoms with Gasteiger partial charge < -0.3 is 10.2 Å². The van der Waals surface area contributed by atoms with Crippen LogP contribution in [0.5, 0.6) is 0 Å². The molecule has 5 rings (SSSR count). The molecule has 4 fully saturated rings. The van der Waals surface area contributed by atoms with E-state index in [9.17, 15) is 4.79 Å². The first-order chi connectivity index (χ1) is 11.4. The lowest BCUT2D eigenvalue weighted by Crippen LogP contribution is -2.54. The standard InChI is InChI=1S/C21H28N2O.BH3/c1-21(2,3)17-4-6-18(7-5-17)22-20(24)10-19-15-8-14-9-16(19)13-23(11-14)12-15;/h4-7,10,14-16H,8-9,11-13H2,1-3H3,(H,22,24);1H3. The summed E-state index contributed by atoms with van der Waals surface area (Å²) in [7, 11) is 0. The highest BCUT2D eigenvalue weighted by Crippen LogP contribution is 2.46. The predicted molar refractivity (Wildman–Crippen MR) is 108 cm³/mol. The van der Waals surface area contributed by atoms with Crippen LogP contribution in [0.4, 0.5) is 5.69 Å². The van der Waals surface area contributed by atoms with Gasteiger partial charge in [0.2, 0.25) is 5.91 Å². The fraction of sp³-hybridized carbons (Fsp3) is 0.571. The van der Waals surface area contributed by atoms with E-state index in [1.54, 1.807) is 0 Å². The minimum Gasteiger partial charge on any atom is -0.323 e. The Morgan fingerprint density at radius 2 is 1.68 bits per heavy atom. The van der Waals surface area contributed by atoms with Crippen LogP contribution in [0.2, 0.25) is 0 Å². The maximum atomic E-state index is 12.5. The summed E-state index contributed by atoms with van der Waals surface area (Å²) >= 11 is 0. The first kappa shape index (κ1) is 18.3. The second-order valence-corrected chi connectivity index (χ2v) is 8.91. The SMILES string of the molecule is B.CC(C)(C)c1ccc(NC(=O)C=C2C3CC4CC2CN(C4)C3)cc1. The van der Waals surface area contributed by atoms with E-state index in [0.29, 0.717) is 11.8 Å². The molecule has 4 bridgehead atoms. The predicted octanol–water partition coefficient (Wildman–Crippen LogP) is 2.64. The summed E-state index contributed by atoms with van der Waals surface area (Å²) in [5, 5.41) is 3.05. The molecular weight excluding hydrogens is 307 g/mol. The van der Waals surface area contributed by atoms with Gasteiger partial charge in [0.05, 0.1) is 8.41 Å². The number of piperidine rings is 3. The first-order valence-corrected chi connectivity index (χ1v) is 9.24. The topological polar surface area (TPSA) is 32.3 Å². The van der Waals surface area contributed by atoms with Crippen LogP contribution in [0.15, 0.2) is 35.9 Å². The summed E-state index contributed by atoms with van der Waals surface area (Å²) in [6.45, 7) is 10.2. The molecule has 2 unspecified atom stereocenters. The minimum atomic E-state index is 0. The van der Waals surface area contributed by atoms with Crippen molar-refractivity contribution in [2.45, 2.75) is 39.0 Å². The van der Waals surface area contributed by atoms with Crippen LogP contribution in [-0.2, 0) is 10.2 Å². The van der Waals surface area contributed by atoms with Crippen LogP contribution < -0.4 is 5.32 Å². The number of amides is 1. The Balaban J connectivity index is 0.00000182. The van der Waals surface area contributed by atoms with E-state index in [4.69, 9.17) is 0 Å². The van der Waals surface area contributed by atoms with E-state index in [1.165, 1.54) is 30.5 Å². The van der Waals surface area contributed by atoms with Gasteiger partial charge in [0.25, 0.3) is 0 Å². The molecule has 4 aliphatic rings. The second-order valence-electron chi connectivity index (χ2n) is 8.91. The zero-order valence-corrected chi connectivity index (χ0v) is 15.0. The maximum Gasteiger partial charge on any atom is 0.248 e. The van der Waals surface area contributed by atoms with Crippen molar-refractivity contribution in [3.63, 3.8) is 0 Å². The number of nitrogens with zero attached hydrogens (tertiary/aromatic N) is 1. The first-order valence-electron chi connectivity index (χ1n) is 9.24. The number of anilines is 1. The highest BCUT2D eigenvalue weighted by molar-refractivity contribution is 5.99. The van der Waals surface area contributed by atoms with Crippen molar-refractivity contribution in [2.24, 2.45) is 17.8 Å². The van der Waals surface area contributed by atoms with Crippen molar-refractivity contribution < 1.29 is 4.79 Å². The molecule has 1 saturated carbocycles. The molecule has 1 aromatic carbocycles. The molecule has 4 heteroatoms. The van der Waals surface area contributed by atoms with Gasteiger partial charge in [-0.15, -0.1) is 0 Å². The van der Waals surface area contributed by atoms with Gasteiger partial charge in [-0.1, -0.05) is 38.5 Å². The minimum absolute atomic E-state index is 0. The van der Waals surface area contributed by atoms with E-state index in [2.05, 4.69) is 43.1 Å². The smallest absolute Gasteiger partial charge is 0.248 e. The van der Waals surface area contributed by atoms with Gasteiger partial charge in [0, 0.05) is 31.4 Å². The summed E-state index contributed by atoms with van der Waals surface area (Å²) in [6.07, 6.45) is 4.48. The number of rotatable bonds is 2. The Morgan fingerprint density at radius 3 is 2.20 bits per heavy atom. The fourth-order valence-corrected chi connectivity index (χ4v) is 4.85. The molecule has 1 aromatic rings. The highest BCUT2D eigenvalue weighted by atomic mass is 16.1. The van der Waals surface area contributed by atoms with E-state index in [0.717, 1.165) is 24.7 Å². The number of carbonyl (C=O) groups excluding carboxylic acids is 1. The third-order valence-corrected chi connectivity index (χ3v) is 5.97. The summed E-state index contributed by atoms with van der Waals surface area (Å²) in [5.74, 6) is 2.14. The summed E-state index contributed by atoms with van der Waals surface area (Å²) in [4.78, 5) is 15.1. The number of hydrogen-bond donors (Lipinski definition) is 1. The van der Waals surface area contributed by atoms with Crippen molar-refractivity contribution in [3.05, 3.63) is 41.5 Å². The lowest BCUT2D eigenvalue weighted by Gasteiger charge is -2.53. The Kier molecular flexibility index (Phi) is 4.85. The molecule has 1 amide bonds. The van der Waals surface area contributed by atoms with Gasteiger partial charge in [-0.2, -0.15) is 0 Å². The summed E-state index contributed by atoms with van der Waals surface area (Å²) in [6, 6.07) is 8.25. The van der Waals surface area contributed by atoms with Gasteiger partial charge in [-0.3, -0.25) is 4.79 Å². The zero-order valence-electron chi connectivity index (χ0n) is 15.0. The van der Waals surface area contributed by atoms with Crippen molar-refractivity contribution >= 4 is 20.0 Å².